The van der Waals surface area contributed by atoms with Gasteiger partial charge in [-0.3, -0.25) is 10.1 Å². The molecule has 0 N–H and O–H groups in total. The summed E-state index contributed by atoms with van der Waals surface area (Å²) in [5.74, 6) is 0.352. The van der Waals surface area contributed by atoms with E-state index in [1.807, 2.05) is 0 Å². The van der Waals surface area contributed by atoms with Crippen molar-refractivity contribution in [1.29, 1.82) is 0 Å². The predicted octanol–water partition coefficient (Wildman–Crippen LogP) is 4.64. The summed E-state index contributed by atoms with van der Waals surface area (Å²) in [6.45, 7) is 0.128. The van der Waals surface area contributed by atoms with Crippen molar-refractivity contribution in [2.75, 3.05) is 0 Å². The van der Waals surface area contributed by atoms with Crippen LogP contribution in [0.2, 0.25) is 10.2 Å². The number of pyridine rings is 1. The average molecular weight is 378 g/mol. The Bertz CT molecular complexity index is 667. The molecule has 2 rings (SSSR count). The molecule has 0 bridgehead atoms. The molecular weight excluding hydrogens is 371 g/mol. The lowest BCUT2D eigenvalue weighted by Crippen LogP contribution is -1.99. The second kappa shape index (κ2) is 6.39. The highest BCUT2D eigenvalue weighted by atomic mass is 79.9. The highest BCUT2D eigenvalue weighted by molar-refractivity contribution is 9.10. The van der Waals surface area contributed by atoms with Crippen LogP contribution in [-0.2, 0) is 6.61 Å². The lowest BCUT2D eigenvalue weighted by molar-refractivity contribution is -0.385. The van der Waals surface area contributed by atoms with E-state index in [1.165, 1.54) is 24.4 Å². The lowest BCUT2D eigenvalue weighted by atomic mass is 10.3. The fourth-order valence-electron chi connectivity index (χ4n) is 1.41. The van der Waals surface area contributed by atoms with Crippen LogP contribution in [0.15, 0.2) is 34.9 Å². The maximum atomic E-state index is 10.7. The van der Waals surface area contributed by atoms with Crippen molar-refractivity contribution in [2.24, 2.45) is 0 Å². The van der Waals surface area contributed by atoms with Gasteiger partial charge in [0, 0.05) is 17.8 Å². The summed E-state index contributed by atoms with van der Waals surface area (Å²) in [4.78, 5) is 14.1. The van der Waals surface area contributed by atoms with E-state index >= 15 is 0 Å². The van der Waals surface area contributed by atoms with E-state index in [0.717, 1.165) is 0 Å². The summed E-state index contributed by atoms with van der Waals surface area (Å²) >= 11 is 15.0. The highest BCUT2D eigenvalue weighted by Crippen LogP contribution is 2.30. The van der Waals surface area contributed by atoms with Crippen molar-refractivity contribution >= 4 is 44.8 Å². The first kappa shape index (κ1) is 15.0. The summed E-state index contributed by atoms with van der Waals surface area (Å²) in [5.41, 5.74) is 0.581. The van der Waals surface area contributed by atoms with Crippen molar-refractivity contribution in [3.63, 3.8) is 0 Å². The van der Waals surface area contributed by atoms with Crippen LogP contribution in [0.5, 0.6) is 5.75 Å². The molecule has 8 heteroatoms. The van der Waals surface area contributed by atoms with Gasteiger partial charge in [-0.2, -0.15) is 0 Å². The third-order valence-electron chi connectivity index (χ3n) is 2.41. The minimum Gasteiger partial charge on any atom is -0.487 e. The number of ether oxygens (including phenoxy) is 1. The van der Waals surface area contributed by atoms with Crippen LogP contribution in [0, 0.1) is 10.1 Å². The van der Waals surface area contributed by atoms with Crippen LogP contribution >= 0.6 is 39.1 Å². The van der Waals surface area contributed by atoms with Gasteiger partial charge in [0.15, 0.2) is 0 Å². The van der Waals surface area contributed by atoms with E-state index in [-0.39, 0.29) is 17.4 Å². The largest absolute Gasteiger partial charge is 0.487 e. The Labute approximate surface area is 132 Å². The fraction of sp³-hybridized carbons (Fsp3) is 0.0833. The van der Waals surface area contributed by atoms with Crippen molar-refractivity contribution in [3.8, 4) is 5.75 Å². The number of nitrogens with zero attached hydrogens (tertiary/aromatic N) is 2. The Morgan fingerprint density at radius 2 is 2.10 bits per heavy atom. The number of rotatable bonds is 4. The third kappa shape index (κ3) is 3.59. The minimum atomic E-state index is -0.490. The van der Waals surface area contributed by atoms with Crippen LogP contribution in [-0.4, -0.2) is 9.91 Å². The first-order chi connectivity index (χ1) is 9.47. The summed E-state index contributed by atoms with van der Waals surface area (Å²) < 4.78 is 6.13. The van der Waals surface area contributed by atoms with Gasteiger partial charge >= 0.3 is 0 Å². The minimum absolute atomic E-state index is 0.0523. The third-order valence-corrected chi connectivity index (χ3v) is 3.62. The van der Waals surface area contributed by atoms with Crippen LogP contribution < -0.4 is 4.74 Å². The molecule has 0 aliphatic carbocycles. The molecular formula is C12H7BrCl2N2O3. The van der Waals surface area contributed by atoms with Gasteiger partial charge in [-0.25, -0.2) is 4.98 Å². The Balaban J connectivity index is 2.18. The molecule has 0 fully saturated rings. The Hall–Kier alpha value is -1.37. The van der Waals surface area contributed by atoms with Gasteiger partial charge in [-0.15, -0.1) is 0 Å². The number of benzene rings is 1. The van der Waals surface area contributed by atoms with Crippen molar-refractivity contribution in [3.05, 3.63) is 60.8 Å². The number of hydrogen-bond donors (Lipinski definition) is 0. The van der Waals surface area contributed by atoms with E-state index in [1.54, 1.807) is 6.07 Å². The van der Waals surface area contributed by atoms with Gasteiger partial charge in [0.1, 0.15) is 17.5 Å². The molecule has 5 nitrogen and oxygen atoms in total. The highest BCUT2D eigenvalue weighted by Gasteiger charge is 2.11. The number of nitro benzene ring substituents is 1. The monoisotopic (exact) mass is 376 g/mol. The molecule has 104 valence electrons. The van der Waals surface area contributed by atoms with Crippen molar-refractivity contribution in [1.82, 2.24) is 4.98 Å². The number of non-ortho nitro benzene ring substituents is 1. The average Bonchev–Trinajstić information content (AvgIpc) is 2.39. The SMILES string of the molecule is O=[N+]([O-])c1ccc(Br)c(OCc2cnc(Cl)cc2Cl)c1. The second-order valence-electron chi connectivity index (χ2n) is 3.76. The molecule has 0 radical (unpaired) electrons. The molecule has 0 aliphatic heterocycles. The molecule has 0 atom stereocenters. The van der Waals surface area contributed by atoms with Crippen LogP contribution in [0.25, 0.3) is 0 Å². The predicted molar refractivity (Wildman–Crippen MR) is 79.4 cm³/mol. The zero-order chi connectivity index (χ0) is 14.7. The number of nitro groups is 1. The van der Waals surface area contributed by atoms with Gasteiger partial charge in [-0.1, -0.05) is 23.2 Å². The van der Waals surface area contributed by atoms with Crippen molar-refractivity contribution < 1.29 is 9.66 Å². The zero-order valence-corrected chi connectivity index (χ0v) is 12.9. The maximum Gasteiger partial charge on any atom is 0.273 e. The van der Waals surface area contributed by atoms with E-state index in [0.29, 0.717) is 20.8 Å². The van der Waals surface area contributed by atoms with E-state index in [4.69, 9.17) is 27.9 Å². The molecule has 0 saturated heterocycles. The van der Waals surface area contributed by atoms with Gasteiger partial charge < -0.3 is 4.74 Å². The Kier molecular flexibility index (Phi) is 4.80. The quantitative estimate of drug-likeness (QED) is 0.442. The maximum absolute atomic E-state index is 10.7. The fourth-order valence-corrected chi connectivity index (χ4v) is 2.20. The normalized spacial score (nSPS) is 10.3. The van der Waals surface area contributed by atoms with Gasteiger partial charge in [-0.05, 0) is 28.1 Å². The summed E-state index contributed by atoms with van der Waals surface area (Å²) in [7, 11) is 0. The zero-order valence-electron chi connectivity index (χ0n) is 9.85. The molecule has 0 saturated carbocycles. The first-order valence-electron chi connectivity index (χ1n) is 5.34. The summed E-state index contributed by atoms with van der Waals surface area (Å²) in [6.07, 6.45) is 1.50. The molecule has 2 aromatic rings. The lowest BCUT2D eigenvalue weighted by Gasteiger charge is -2.09. The Morgan fingerprint density at radius 3 is 2.75 bits per heavy atom. The summed E-state index contributed by atoms with van der Waals surface area (Å²) in [6, 6.07) is 5.77. The molecule has 20 heavy (non-hydrogen) atoms. The van der Waals surface area contributed by atoms with E-state index < -0.39 is 4.92 Å². The second-order valence-corrected chi connectivity index (χ2v) is 5.41. The number of hydrogen-bond acceptors (Lipinski definition) is 4. The van der Waals surface area contributed by atoms with Gasteiger partial charge in [0.25, 0.3) is 5.69 Å². The van der Waals surface area contributed by atoms with Gasteiger partial charge in [0.2, 0.25) is 0 Å². The smallest absolute Gasteiger partial charge is 0.273 e. The van der Waals surface area contributed by atoms with E-state index in [9.17, 15) is 10.1 Å². The molecule has 1 aromatic heterocycles. The molecule has 0 unspecified atom stereocenters. The number of aromatic nitrogens is 1. The van der Waals surface area contributed by atoms with Gasteiger partial charge in [0.05, 0.1) is 20.5 Å². The van der Waals surface area contributed by atoms with Crippen LogP contribution in [0.1, 0.15) is 5.56 Å². The van der Waals surface area contributed by atoms with Crippen LogP contribution in [0.3, 0.4) is 0 Å². The molecule has 1 aromatic carbocycles. The molecule has 0 amide bonds. The standard InChI is InChI=1S/C12H7BrCl2N2O3/c13-9-2-1-8(17(18)19)3-11(9)20-6-7-5-16-12(15)4-10(7)14/h1-5H,6H2. The number of halogens is 3. The molecule has 0 spiro atoms. The van der Waals surface area contributed by atoms with Crippen LogP contribution in [0.4, 0.5) is 5.69 Å². The molecule has 0 aliphatic rings. The van der Waals surface area contributed by atoms with E-state index in [2.05, 4.69) is 20.9 Å². The van der Waals surface area contributed by atoms with Crippen molar-refractivity contribution in [2.45, 2.75) is 6.61 Å². The molecule has 1 heterocycles. The first-order valence-corrected chi connectivity index (χ1v) is 6.89. The summed E-state index contributed by atoms with van der Waals surface area (Å²) in [5, 5.41) is 11.4. The Morgan fingerprint density at radius 1 is 1.35 bits per heavy atom. The topological polar surface area (TPSA) is 65.3 Å².